The molecule has 1 unspecified atom stereocenters. The first-order chi connectivity index (χ1) is 8.45. The molecule has 0 saturated carbocycles. The molecule has 0 aliphatic carbocycles. The number of carbonyl (C=O) groups excluding carboxylic acids is 1. The third kappa shape index (κ3) is 3.70. The van der Waals surface area contributed by atoms with Gasteiger partial charge in [0, 0.05) is 12.6 Å². The Balaban J connectivity index is 2.81. The second kappa shape index (κ2) is 6.35. The Hall–Kier alpha value is -1.62. The number of carbonyl (C=O) groups is 1. The van der Waals surface area contributed by atoms with E-state index in [-0.39, 0.29) is 23.9 Å². The van der Waals surface area contributed by atoms with Gasteiger partial charge in [-0.15, -0.1) is 0 Å². The highest BCUT2D eigenvalue weighted by Crippen LogP contribution is 2.19. The van der Waals surface area contributed by atoms with Crippen LogP contribution in [0.1, 0.15) is 30.6 Å². The predicted octanol–water partition coefficient (Wildman–Crippen LogP) is 1.63. The second-order valence-corrected chi connectivity index (χ2v) is 4.67. The number of phenols is 1. The van der Waals surface area contributed by atoms with E-state index < -0.39 is 11.7 Å². The van der Waals surface area contributed by atoms with Crippen molar-refractivity contribution in [2.75, 3.05) is 6.54 Å². The van der Waals surface area contributed by atoms with Gasteiger partial charge in [0.15, 0.2) is 0 Å². The van der Waals surface area contributed by atoms with E-state index in [4.69, 9.17) is 5.73 Å². The van der Waals surface area contributed by atoms with Gasteiger partial charge in [0.25, 0.3) is 5.91 Å². The number of halogens is 1. The second-order valence-electron chi connectivity index (χ2n) is 4.67. The molecule has 0 aliphatic rings. The van der Waals surface area contributed by atoms with Crippen molar-refractivity contribution in [2.24, 2.45) is 11.7 Å². The molecule has 1 aromatic carbocycles. The maximum Gasteiger partial charge on any atom is 0.258 e. The lowest BCUT2D eigenvalue weighted by Gasteiger charge is -2.19. The predicted molar refractivity (Wildman–Crippen MR) is 67.8 cm³/mol. The monoisotopic (exact) mass is 254 g/mol. The Morgan fingerprint density at radius 1 is 1.50 bits per heavy atom. The molecule has 0 bridgehead atoms. The van der Waals surface area contributed by atoms with Crippen LogP contribution in [-0.4, -0.2) is 23.6 Å². The maximum absolute atomic E-state index is 13.5. The van der Waals surface area contributed by atoms with Crippen LogP contribution in [-0.2, 0) is 0 Å². The smallest absolute Gasteiger partial charge is 0.258 e. The van der Waals surface area contributed by atoms with Gasteiger partial charge in [0.2, 0.25) is 0 Å². The van der Waals surface area contributed by atoms with Gasteiger partial charge in [-0.1, -0.05) is 19.9 Å². The van der Waals surface area contributed by atoms with Gasteiger partial charge in [-0.3, -0.25) is 4.79 Å². The van der Waals surface area contributed by atoms with E-state index in [2.05, 4.69) is 5.32 Å². The van der Waals surface area contributed by atoms with Gasteiger partial charge in [0.05, 0.1) is 0 Å². The van der Waals surface area contributed by atoms with E-state index in [1.807, 2.05) is 13.8 Å². The number of nitrogens with two attached hydrogens (primary N) is 1. The van der Waals surface area contributed by atoms with Crippen LogP contribution >= 0.6 is 0 Å². The topological polar surface area (TPSA) is 75.3 Å². The van der Waals surface area contributed by atoms with Crippen LogP contribution in [0.15, 0.2) is 18.2 Å². The first-order valence-corrected chi connectivity index (χ1v) is 5.94. The van der Waals surface area contributed by atoms with Crippen LogP contribution in [0, 0.1) is 11.7 Å². The van der Waals surface area contributed by atoms with E-state index in [1.165, 1.54) is 12.1 Å². The number of nitrogens with one attached hydrogen (secondary N) is 1. The molecule has 0 spiro atoms. The Labute approximate surface area is 106 Å². The number of phenolic OH excluding ortho intramolecular Hbond substituents is 1. The van der Waals surface area contributed by atoms with Crippen LogP contribution in [0.3, 0.4) is 0 Å². The molecule has 0 saturated heterocycles. The van der Waals surface area contributed by atoms with Crippen molar-refractivity contribution in [3.8, 4) is 5.75 Å². The van der Waals surface area contributed by atoms with Gasteiger partial charge < -0.3 is 16.2 Å². The van der Waals surface area contributed by atoms with Crippen LogP contribution in [0.25, 0.3) is 0 Å². The number of amides is 1. The molecule has 100 valence electrons. The van der Waals surface area contributed by atoms with Gasteiger partial charge >= 0.3 is 0 Å². The summed E-state index contributed by atoms with van der Waals surface area (Å²) in [6, 6.07) is 3.53. The van der Waals surface area contributed by atoms with Crippen LogP contribution in [0.4, 0.5) is 4.39 Å². The Morgan fingerprint density at radius 3 is 2.67 bits per heavy atom. The highest BCUT2D eigenvalue weighted by atomic mass is 19.1. The van der Waals surface area contributed by atoms with Crippen molar-refractivity contribution >= 4 is 5.91 Å². The molecule has 5 heteroatoms. The molecule has 0 aromatic heterocycles. The summed E-state index contributed by atoms with van der Waals surface area (Å²) in [5.74, 6) is -1.38. The largest absolute Gasteiger partial charge is 0.507 e. The quantitative estimate of drug-likeness (QED) is 0.747. The fourth-order valence-corrected chi connectivity index (χ4v) is 1.78. The summed E-state index contributed by atoms with van der Waals surface area (Å²) in [6.07, 6.45) is 0.706. The summed E-state index contributed by atoms with van der Waals surface area (Å²) < 4.78 is 13.5. The fourth-order valence-electron chi connectivity index (χ4n) is 1.78. The van der Waals surface area contributed by atoms with Gasteiger partial charge in [0.1, 0.15) is 17.1 Å². The molecule has 1 atom stereocenters. The Morgan fingerprint density at radius 2 is 2.17 bits per heavy atom. The zero-order chi connectivity index (χ0) is 13.7. The summed E-state index contributed by atoms with van der Waals surface area (Å²) in [7, 11) is 0. The highest BCUT2D eigenvalue weighted by Gasteiger charge is 2.19. The molecule has 0 fully saturated rings. The van der Waals surface area contributed by atoms with E-state index in [1.54, 1.807) is 0 Å². The highest BCUT2D eigenvalue weighted by molar-refractivity contribution is 5.97. The molecule has 0 radical (unpaired) electrons. The number of hydrogen-bond donors (Lipinski definition) is 3. The summed E-state index contributed by atoms with van der Waals surface area (Å²) in [5.41, 5.74) is 5.22. The Kier molecular flexibility index (Phi) is 5.09. The normalized spacial score (nSPS) is 12.5. The number of rotatable bonds is 5. The third-order valence-corrected chi connectivity index (χ3v) is 2.59. The fraction of sp³-hybridized carbons (Fsp3) is 0.462. The summed E-state index contributed by atoms with van der Waals surface area (Å²) >= 11 is 0. The van der Waals surface area contributed by atoms with Crippen molar-refractivity contribution in [2.45, 2.75) is 26.3 Å². The SMILES string of the molecule is CC(C)CC(CN)NC(=O)c1c(O)cccc1F. The zero-order valence-corrected chi connectivity index (χ0v) is 10.6. The zero-order valence-electron chi connectivity index (χ0n) is 10.6. The van der Waals surface area contributed by atoms with E-state index in [0.717, 1.165) is 6.07 Å². The molecule has 1 aromatic rings. The van der Waals surface area contributed by atoms with E-state index >= 15 is 0 Å². The maximum atomic E-state index is 13.5. The minimum atomic E-state index is -0.743. The summed E-state index contributed by atoms with van der Waals surface area (Å²) in [4.78, 5) is 11.9. The lowest BCUT2D eigenvalue weighted by molar-refractivity contribution is 0.0927. The minimum Gasteiger partial charge on any atom is -0.507 e. The van der Waals surface area contributed by atoms with E-state index in [0.29, 0.717) is 12.3 Å². The van der Waals surface area contributed by atoms with Crippen molar-refractivity contribution in [3.63, 3.8) is 0 Å². The van der Waals surface area contributed by atoms with Crippen molar-refractivity contribution in [3.05, 3.63) is 29.6 Å². The molecule has 4 nitrogen and oxygen atoms in total. The van der Waals surface area contributed by atoms with Gasteiger partial charge in [-0.2, -0.15) is 0 Å². The van der Waals surface area contributed by atoms with Crippen molar-refractivity contribution in [1.82, 2.24) is 5.32 Å². The van der Waals surface area contributed by atoms with Gasteiger partial charge in [-0.05, 0) is 24.5 Å². The standard InChI is InChI=1S/C13H19FN2O2/c1-8(2)6-9(7-15)16-13(18)12-10(14)4-3-5-11(12)17/h3-5,8-9,17H,6-7,15H2,1-2H3,(H,16,18). The van der Waals surface area contributed by atoms with Crippen molar-refractivity contribution < 1.29 is 14.3 Å². The average molecular weight is 254 g/mol. The van der Waals surface area contributed by atoms with Crippen molar-refractivity contribution in [1.29, 1.82) is 0 Å². The molecule has 0 aliphatic heterocycles. The molecule has 1 amide bonds. The number of aromatic hydroxyl groups is 1. The summed E-state index contributed by atoms with van der Waals surface area (Å²) in [6.45, 7) is 4.30. The summed E-state index contributed by atoms with van der Waals surface area (Å²) in [5, 5.41) is 12.1. The van der Waals surface area contributed by atoms with Crippen LogP contribution in [0.2, 0.25) is 0 Å². The minimum absolute atomic E-state index is 0.225. The van der Waals surface area contributed by atoms with Gasteiger partial charge in [-0.25, -0.2) is 4.39 Å². The molecule has 1 rings (SSSR count). The molecule has 0 heterocycles. The van der Waals surface area contributed by atoms with E-state index in [9.17, 15) is 14.3 Å². The third-order valence-electron chi connectivity index (χ3n) is 2.59. The Bertz CT molecular complexity index is 401. The lowest BCUT2D eigenvalue weighted by atomic mass is 10.0. The molecule has 4 N–H and O–H groups in total. The van der Waals surface area contributed by atoms with Crippen LogP contribution in [0.5, 0.6) is 5.75 Å². The first kappa shape index (κ1) is 14.4. The number of hydrogen-bond acceptors (Lipinski definition) is 3. The molecule has 18 heavy (non-hydrogen) atoms. The first-order valence-electron chi connectivity index (χ1n) is 5.94. The number of benzene rings is 1. The lowest BCUT2D eigenvalue weighted by Crippen LogP contribution is -2.41. The molecular formula is C13H19FN2O2. The van der Waals surface area contributed by atoms with Crippen LogP contribution < -0.4 is 11.1 Å². The molecular weight excluding hydrogens is 235 g/mol. The average Bonchev–Trinajstić information content (AvgIpc) is 2.27.